The van der Waals surface area contributed by atoms with E-state index in [0.29, 0.717) is 37.8 Å². The van der Waals surface area contributed by atoms with Crippen LogP contribution >= 0.6 is 33.9 Å². The average molecular weight is 743 g/mol. The average Bonchev–Trinajstić information content (AvgIpc) is 3.29. The van der Waals surface area contributed by atoms with Crippen LogP contribution in [0.3, 0.4) is 0 Å². The van der Waals surface area contributed by atoms with Crippen LogP contribution in [0.5, 0.6) is 17.2 Å². The van der Waals surface area contributed by atoms with Gasteiger partial charge in [0.2, 0.25) is 0 Å². The van der Waals surface area contributed by atoms with Crippen LogP contribution in [0.2, 0.25) is 0 Å². The molecule has 2 heterocycles. The zero-order chi connectivity index (χ0) is 32.2. The summed E-state index contributed by atoms with van der Waals surface area (Å²) in [6.45, 7) is 7.73. The first-order chi connectivity index (χ1) is 21.6. The molecule has 45 heavy (non-hydrogen) atoms. The maximum atomic E-state index is 14.0. The fourth-order valence-corrected chi connectivity index (χ4v) is 6.72. The highest BCUT2D eigenvalue weighted by atomic mass is 127. The molecule has 0 fully saturated rings. The van der Waals surface area contributed by atoms with Gasteiger partial charge in [-0.2, -0.15) is 0 Å². The largest absolute Gasteiger partial charge is 0.493 e. The molecule has 0 saturated carbocycles. The molecule has 0 spiro atoms. The molecule has 0 unspecified atom stereocenters. The topological polar surface area (TPSA) is 88.4 Å². The Morgan fingerprint density at radius 1 is 1.11 bits per heavy atom. The standard InChI is InChI=1S/C34H32FIN2O6S/c1-6-42-33(40)30-20(4)37-34-38(31(30)23-11-13-27(44-19(2)3)28(17-23)41-5)32(39)29(45-34)16-21-10-12-26(25(36)15-21)43-18-22-8-7-9-24(35)14-22/h7-17,19,31H,6,18H2,1-5H3/b29-16-/t31-/m1/s1. The normalized spacial score (nSPS) is 14.7. The number of ether oxygens (including phenoxy) is 4. The van der Waals surface area contributed by atoms with Crippen molar-refractivity contribution < 1.29 is 28.1 Å². The number of hydrogen-bond acceptors (Lipinski definition) is 8. The first-order valence-electron chi connectivity index (χ1n) is 14.3. The number of aromatic nitrogens is 1. The lowest BCUT2D eigenvalue weighted by Crippen LogP contribution is -2.40. The second kappa shape index (κ2) is 14.0. The minimum Gasteiger partial charge on any atom is -0.493 e. The summed E-state index contributed by atoms with van der Waals surface area (Å²) in [7, 11) is 1.55. The second-order valence-corrected chi connectivity index (χ2v) is 12.7. The van der Waals surface area contributed by atoms with Crippen LogP contribution in [0.15, 0.2) is 81.7 Å². The zero-order valence-electron chi connectivity index (χ0n) is 25.4. The second-order valence-electron chi connectivity index (χ2n) is 10.5. The number of carbonyl (C=O) groups is 1. The van der Waals surface area contributed by atoms with Gasteiger partial charge in [0.05, 0.1) is 45.2 Å². The molecule has 0 saturated heterocycles. The van der Waals surface area contributed by atoms with Gasteiger partial charge in [-0.05, 0) is 109 Å². The van der Waals surface area contributed by atoms with E-state index in [1.807, 2.05) is 38.1 Å². The summed E-state index contributed by atoms with van der Waals surface area (Å²) in [4.78, 5) is 32.4. The summed E-state index contributed by atoms with van der Waals surface area (Å²) in [5.41, 5.74) is 2.63. The molecule has 0 bridgehead atoms. The van der Waals surface area contributed by atoms with Gasteiger partial charge in [-0.15, -0.1) is 0 Å². The molecule has 4 aromatic rings. The number of benzene rings is 3. The van der Waals surface area contributed by atoms with Gasteiger partial charge in [0.15, 0.2) is 16.3 Å². The van der Waals surface area contributed by atoms with Crippen molar-refractivity contribution in [2.45, 2.75) is 46.4 Å². The van der Waals surface area contributed by atoms with E-state index < -0.39 is 12.0 Å². The first-order valence-corrected chi connectivity index (χ1v) is 16.2. The van der Waals surface area contributed by atoms with E-state index in [9.17, 15) is 14.0 Å². The summed E-state index contributed by atoms with van der Waals surface area (Å²) < 4.78 is 39.2. The van der Waals surface area contributed by atoms with Gasteiger partial charge in [0, 0.05) is 0 Å². The fourth-order valence-electron chi connectivity index (χ4n) is 4.98. The summed E-state index contributed by atoms with van der Waals surface area (Å²) >= 11 is 3.42. The number of carbonyl (C=O) groups excluding carboxylic acids is 1. The quantitative estimate of drug-likeness (QED) is 0.148. The molecular formula is C34H32FIN2O6S. The Balaban J connectivity index is 1.55. The van der Waals surface area contributed by atoms with Crippen LogP contribution in [0.1, 0.15) is 50.4 Å². The molecule has 234 valence electrons. The van der Waals surface area contributed by atoms with Gasteiger partial charge in [-0.3, -0.25) is 9.36 Å². The molecule has 1 aliphatic heterocycles. The highest BCUT2D eigenvalue weighted by molar-refractivity contribution is 14.1. The predicted molar refractivity (Wildman–Crippen MR) is 179 cm³/mol. The van der Waals surface area contributed by atoms with Crippen molar-refractivity contribution in [3.8, 4) is 17.2 Å². The van der Waals surface area contributed by atoms with Crippen molar-refractivity contribution in [3.63, 3.8) is 0 Å². The number of hydrogen-bond donors (Lipinski definition) is 0. The number of nitrogens with zero attached hydrogens (tertiary/aromatic N) is 2. The Kier molecular flexibility index (Phi) is 10.1. The predicted octanol–water partition coefficient (Wildman–Crippen LogP) is 5.92. The lowest BCUT2D eigenvalue weighted by atomic mass is 9.95. The van der Waals surface area contributed by atoms with Crippen LogP contribution < -0.4 is 29.1 Å². The van der Waals surface area contributed by atoms with Crippen molar-refractivity contribution in [2.24, 2.45) is 4.99 Å². The number of methoxy groups -OCH3 is 1. The lowest BCUT2D eigenvalue weighted by molar-refractivity contribution is -0.139. The zero-order valence-corrected chi connectivity index (χ0v) is 28.4. The van der Waals surface area contributed by atoms with Crippen molar-refractivity contribution in [3.05, 3.63) is 118 Å². The third-order valence-electron chi connectivity index (χ3n) is 6.92. The Labute approximate surface area is 277 Å². The fraction of sp³-hybridized carbons (Fsp3) is 0.265. The van der Waals surface area contributed by atoms with Crippen molar-refractivity contribution >= 4 is 46.0 Å². The molecular weight excluding hydrogens is 710 g/mol. The summed E-state index contributed by atoms with van der Waals surface area (Å²) in [6, 6.07) is 16.5. The Bertz CT molecular complexity index is 1970. The van der Waals surface area contributed by atoms with E-state index in [-0.39, 0.29) is 36.3 Å². The van der Waals surface area contributed by atoms with Crippen molar-refractivity contribution in [1.82, 2.24) is 4.57 Å². The molecule has 5 rings (SSSR count). The molecule has 1 aliphatic rings. The number of allylic oxidation sites excluding steroid dienone is 1. The van der Waals surface area contributed by atoms with E-state index in [1.165, 1.54) is 28.0 Å². The summed E-state index contributed by atoms with van der Waals surface area (Å²) in [6.07, 6.45) is 1.72. The van der Waals surface area contributed by atoms with E-state index in [2.05, 4.69) is 27.6 Å². The minimum atomic E-state index is -0.789. The number of rotatable bonds is 10. The van der Waals surface area contributed by atoms with Gasteiger partial charge in [0.25, 0.3) is 5.56 Å². The van der Waals surface area contributed by atoms with Gasteiger partial charge in [0.1, 0.15) is 18.2 Å². The van der Waals surface area contributed by atoms with E-state index >= 15 is 0 Å². The maximum absolute atomic E-state index is 14.0. The third-order valence-corrected chi connectivity index (χ3v) is 8.75. The molecule has 1 atom stereocenters. The Morgan fingerprint density at radius 3 is 2.58 bits per heavy atom. The maximum Gasteiger partial charge on any atom is 0.338 e. The SMILES string of the molecule is CCOC(=O)C1=C(C)N=c2s/c(=C\c3ccc(OCc4cccc(F)c4)c(I)c3)c(=O)n2[C@@H]1c1ccc(OC(C)C)c(OC)c1. The summed E-state index contributed by atoms with van der Waals surface area (Å²) in [5.74, 6) is 0.830. The van der Waals surface area contributed by atoms with Gasteiger partial charge >= 0.3 is 5.97 Å². The van der Waals surface area contributed by atoms with E-state index in [4.69, 9.17) is 18.9 Å². The number of fused-ring (bicyclic) bond motifs is 1. The van der Waals surface area contributed by atoms with Gasteiger partial charge in [-0.25, -0.2) is 14.2 Å². The molecule has 0 N–H and O–H groups in total. The third kappa shape index (κ3) is 7.14. The Morgan fingerprint density at radius 2 is 1.89 bits per heavy atom. The minimum absolute atomic E-state index is 0.0724. The van der Waals surface area contributed by atoms with Crippen molar-refractivity contribution in [1.29, 1.82) is 0 Å². The van der Waals surface area contributed by atoms with Crippen LogP contribution in [-0.2, 0) is 16.1 Å². The van der Waals surface area contributed by atoms with Crippen LogP contribution in [-0.4, -0.2) is 30.4 Å². The highest BCUT2D eigenvalue weighted by Crippen LogP contribution is 2.36. The number of thiazole rings is 1. The number of halogens is 2. The van der Waals surface area contributed by atoms with Crippen LogP contribution in [0, 0.1) is 9.39 Å². The molecule has 0 aliphatic carbocycles. The smallest absolute Gasteiger partial charge is 0.338 e. The van der Waals surface area contributed by atoms with E-state index in [1.54, 1.807) is 51.3 Å². The molecule has 11 heteroatoms. The van der Waals surface area contributed by atoms with Crippen LogP contribution in [0.25, 0.3) is 6.08 Å². The Hall–Kier alpha value is -3.97. The molecule has 0 radical (unpaired) electrons. The summed E-state index contributed by atoms with van der Waals surface area (Å²) in [5, 5.41) is 0. The van der Waals surface area contributed by atoms with Crippen LogP contribution in [0.4, 0.5) is 4.39 Å². The molecule has 1 aromatic heterocycles. The van der Waals surface area contributed by atoms with Gasteiger partial charge in [-0.1, -0.05) is 35.6 Å². The molecule has 0 amide bonds. The number of esters is 1. The molecule has 3 aromatic carbocycles. The van der Waals surface area contributed by atoms with Crippen molar-refractivity contribution in [2.75, 3.05) is 13.7 Å². The monoisotopic (exact) mass is 742 g/mol. The van der Waals surface area contributed by atoms with Gasteiger partial charge < -0.3 is 18.9 Å². The van der Waals surface area contributed by atoms with E-state index in [0.717, 1.165) is 14.7 Å². The first kappa shape index (κ1) is 32.4. The highest BCUT2D eigenvalue weighted by Gasteiger charge is 2.34. The lowest BCUT2D eigenvalue weighted by Gasteiger charge is -2.25. The molecule has 8 nitrogen and oxygen atoms in total.